The molecule has 0 aliphatic carbocycles. The zero-order valence-electron chi connectivity index (χ0n) is 15.8. The average molecular weight is 398 g/mol. The second-order valence-electron chi connectivity index (χ2n) is 6.59. The number of carbonyl (C=O) groups excluding carboxylic acids is 1. The van der Waals surface area contributed by atoms with Crippen molar-refractivity contribution in [3.63, 3.8) is 0 Å². The van der Waals surface area contributed by atoms with Crippen molar-refractivity contribution in [1.82, 2.24) is 5.32 Å². The summed E-state index contributed by atoms with van der Waals surface area (Å²) in [5.41, 5.74) is 7.33. The topological polar surface area (TPSA) is 67.2 Å². The van der Waals surface area contributed by atoms with Crippen LogP contribution in [0.4, 0.5) is 5.69 Å². The molecule has 0 fully saturated rings. The highest BCUT2D eigenvalue weighted by Gasteiger charge is 2.07. The number of carbonyl (C=O) groups is 1. The van der Waals surface area contributed by atoms with Gasteiger partial charge in [-0.05, 0) is 42.4 Å². The molecule has 26 heavy (non-hydrogen) atoms. The number of hydrogen-bond donors (Lipinski definition) is 3. The van der Waals surface area contributed by atoms with Crippen LogP contribution in [0.25, 0.3) is 0 Å². The van der Waals surface area contributed by atoms with E-state index in [1.807, 2.05) is 6.07 Å². The Morgan fingerprint density at radius 1 is 1.08 bits per heavy atom. The van der Waals surface area contributed by atoms with E-state index in [0.717, 1.165) is 24.1 Å². The molecule has 1 amide bonds. The summed E-state index contributed by atoms with van der Waals surface area (Å²) in [6.45, 7) is 2.58. The zero-order valence-corrected chi connectivity index (χ0v) is 17.4. The number of nitrogens with two attached hydrogens (primary N) is 1. The van der Waals surface area contributed by atoms with Crippen molar-refractivity contribution < 1.29 is 4.79 Å². The quantitative estimate of drug-likeness (QED) is 0.320. The van der Waals surface area contributed by atoms with Gasteiger partial charge in [0.15, 0.2) is 5.11 Å². The highest BCUT2D eigenvalue weighted by Crippen LogP contribution is 2.20. The van der Waals surface area contributed by atoms with E-state index < -0.39 is 0 Å². The van der Waals surface area contributed by atoms with Crippen LogP contribution >= 0.6 is 23.8 Å². The van der Waals surface area contributed by atoms with Crippen LogP contribution < -0.4 is 16.4 Å². The van der Waals surface area contributed by atoms with Gasteiger partial charge in [0.1, 0.15) is 0 Å². The van der Waals surface area contributed by atoms with Crippen LogP contribution in [0.2, 0.25) is 5.02 Å². The van der Waals surface area contributed by atoms with Crippen molar-refractivity contribution in [2.24, 2.45) is 5.73 Å². The predicted molar refractivity (Wildman–Crippen MR) is 116 cm³/mol. The molecule has 0 saturated carbocycles. The first kappa shape index (κ1) is 22.9. The fourth-order valence-electron chi connectivity index (χ4n) is 2.79. The summed E-state index contributed by atoms with van der Waals surface area (Å²) in [4.78, 5) is 12.0. The molecule has 1 aromatic rings. The van der Waals surface area contributed by atoms with E-state index >= 15 is 0 Å². The van der Waals surface area contributed by atoms with E-state index in [9.17, 15) is 4.79 Å². The second kappa shape index (κ2) is 14.0. The molecule has 1 aromatic carbocycles. The molecule has 0 atom stereocenters. The first-order chi connectivity index (χ1) is 12.6. The van der Waals surface area contributed by atoms with Gasteiger partial charge in [-0.15, -0.1) is 0 Å². The highest BCUT2D eigenvalue weighted by molar-refractivity contribution is 7.80. The van der Waals surface area contributed by atoms with Crippen LogP contribution in [0.15, 0.2) is 18.2 Å². The highest BCUT2D eigenvalue weighted by atomic mass is 35.5. The molecule has 0 heterocycles. The number of thiocarbonyl (C=S) groups is 1. The standard InChI is InChI=1S/C20H32ClN3OS/c1-2-3-4-5-6-7-8-9-10-11-19(25)24-20(26)23-18-13-12-17(21)14-16(18)15-22/h12-14H,2-11,15,22H2,1H3,(H2,23,24,25,26). The molecule has 0 spiro atoms. The lowest BCUT2D eigenvalue weighted by atomic mass is 10.1. The fourth-order valence-corrected chi connectivity index (χ4v) is 3.21. The Bertz CT molecular complexity index is 566. The maximum Gasteiger partial charge on any atom is 0.226 e. The molecule has 146 valence electrons. The third-order valence-corrected chi connectivity index (χ3v) is 4.73. The lowest BCUT2D eigenvalue weighted by molar-refractivity contribution is -0.119. The van der Waals surface area contributed by atoms with Gasteiger partial charge >= 0.3 is 0 Å². The molecule has 4 nitrogen and oxygen atoms in total. The summed E-state index contributed by atoms with van der Waals surface area (Å²) in [5.74, 6) is -0.0475. The molecule has 1 rings (SSSR count). The molecular weight excluding hydrogens is 366 g/mol. The maximum absolute atomic E-state index is 12.0. The minimum atomic E-state index is -0.0475. The van der Waals surface area contributed by atoms with Gasteiger partial charge in [0.2, 0.25) is 5.91 Å². The van der Waals surface area contributed by atoms with Crippen LogP contribution in [-0.4, -0.2) is 11.0 Å². The first-order valence-electron chi connectivity index (χ1n) is 9.66. The number of halogens is 1. The van der Waals surface area contributed by atoms with E-state index in [1.54, 1.807) is 12.1 Å². The lowest BCUT2D eigenvalue weighted by Gasteiger charge is -2.13. The minimum Gasteiger partial charge on any atom is -0.332 e. The van der Waals surface area contributed by atoms with Crippen molar-refractivity contribution >= 4 is 40.5 Å². The Kier molecular flexibility index (Phi) is 12.3. The van der Waals surface area contributed by atoms with Crippen molar-refractivity contribution in [2.45, 2.75) is 77.7 Å². The van der Waals surface area contributed by atoms with Crippen LogP contribution in [0.5, 0.6) is 0 Å². The van der Waals surface area contributed by atoms with Gasteiger partial charge in [-0.2, -0.15) is 0 Å². The summed E-state index contributed by atoms with van der Waals surface area (Å²) in [7, 11) is 0. The average Bonchev–Trinajstić information content (AvgIpc) is 2.61. The molecule has 0 unspecified atom stereocenters. The molecule has 0 bridgehead atoms. The van der Waals surface area contributed by atoms with E-state index in [1.165, 1.54) is 44.9 Å². The normalized spacial score (nSPS) is 10.6. The predicted octanol–water partition coefficient (Wildman–Crippen LogP) is 5.53. The molecular formula is C20H32ClN3OS. The van der Waals surface area contributed by atoms with Crippen LogP contribution in [0.1, 0.15) is 76.7 Å². The Balaban J connectivity index is 2.16. The van der Waals surface area contributed by atoms with Crippen molar-refractivity contribution in [1.29, 1.82) is 0 Å². The van der Waals surface area contributed by atoms with Gasteiger partial charge < -0.3 is 16.4 Å². The van der Waals surface area contributed by atoms with Crippen LogP contribution in [-0.2, 0) is 11.3 Å². The Hall–Kier alpha value is -1.17. The summed E-state index contributed by atoms with van der Waals surface area (Å²) >= 11 is 11.2. The number of hydrogen-bond acceptors (Lipinski definition) is 3. The minimum absolute atomic E-state index is 0.0475. The number of benzene rings is 1. The smallest absolute Gasteiger partial charge is 0.226 e. The Morgan fingerprint density at radius 3 is 2.31 bits per heavy atom. The fraction of sp³-hybridized carbons (Fsp3) is 0.600. The molecule has 6 heteroatoms. The number of amides is 1. The molecule has 0 aliphatic heterocycles. The molecule has 0 aliphatic rings. The zero-order chi connectivity index (χ0) is 19.2. The third kappa shape index (κ3) is 10.1. The third-order valence-electron chi connectivity index (χ3n) is 4.30. The van der Waals surface area contributed by atoms with Gasteiger partial charge in [-0.25, -0.2) is 0 Å². The Morgan fingerprint density at radius 2 is 1.69 bits per heavy atom. The van der Waals surface area contributed by atoms with Gasteiger partial charge in [-0.3, -0.25) is 4.79 Å². The van der Waals surface area contributed by atoms with E-state index in [4.69, 9.17) is 29.6 Å². The maximum atomic E-state index is 12.0. The second-order valence-corrected chi connectivity index (χ2v) is 7.43. The van der Waals surface area contributed by atoms with Crippen molar-refractivity contribution in [3.05, 3.63) is 28.8 Å². The first-order valence-corrected chi connectivity index (χ1v) is 10.4. The largest absolute Gasteiger partial charge is 0.332 e. The van der Waals surface area contributed by atoms with Crippen molar-refractivity contribution in [3.8, 4) is 0 Å². The number of rotatable bonds is 12. The van der Waals surface area contributed by atoms with Crippen LogP contribution in [0.3, 0.4) is 0 Å². The van der Waals surface area contributed by atoms with Gasteiger partial charge in [-0.1, -0.05) is 69.9 Å². The summed E-state index contributed by atoms with van der Waals surface area (Å²) in [6, 6.07) is 5.36. The Labute approximate surface area is 168 Å². The molecule has 0 radical (unpaired) electrons. The number of unbranched alkanes of at least 4 members (excludes halogenated alkanes) is 8. The van der Waals surface area contributed by atoms with Gasteiger partial charge in [0.25, 0.3) is 0 Å². The number of nitrogens with one attached hydrogen (secondary N) is 2. The molecule has 0 aromatic heterocycles. The van der Waals surface area contributed by atoms with E-state index in [2.05, 4.69) is 17.6 Å². The lowest BCUT2D eigenvalue weighted by Crippen LogP contribution is -2.34. The van der Waals surface area contributed by atoms with Gasteiger partial charge in [0.05, 0.1) is 0 Å². The molecule has 4 N–H and O–H groups in total. The van der Waals surface area contributed by atoms with E-state index in [-0.39, 0.29) is 5.91 Å². The summed E-state index contributed by atoms with van der Waals surface area (Å²) < 4.78 is 0. The van der Waals surface area contributed by atoms with Gasteiger partial charge in [0, 0.05) is 23.7 Å². The monoisotopic (exact) mass is 397 g/mol. The van der Waals surface area contributed by atoms with Crippen LogP contribution in [0, 0.1) is 0 Å². The summed E-state index contributed by atoms with van der Waals surface area (Å²) in [6.07, 6.45) is 11.6. The summed E-state index contributed by atoms with van der Waals surface area (Å²) in [5, 5.41) is 6.66. The number of anilines is 1. The molecule has 0 saturated heterocycles. The van der Waals surface area contributed by atoms with E-state index in [0.29, 0.717) is 23.1 Å². The SMILES string of the molecule is CCCCCCCCCCCC(=O)NC(=S)Nc1ccc(Cl)cc1CN. The van der Waals surface area contributed by atoms with Crippen molar-refractivity contribution in [2.75, 3.05) is 5.32 Å².